The van der Waals surface area contributed by atoms with Crippen molar-refractivity contribution in [2.75, 3.05) is 18.0 Å². The molecule has 3 heterocycles. The van der Waals surface area contributed by atoms with Gasteiger partial charge in [-0.1, -0.05) is 72.8 Å². The van der Waals surface area contributed by atoms with Gasteiger partial charge in [-0.2, -0.15) is 5.26 Å². The number of nitriles is 1. The van der Waals surface area contributed by atoms with Crippen molar-refractivity contribution < 1.29 is 0 Å². The topological polar surface area (TPSA) is 92.9 Å². The van der Waals surface area contributed by atoms with Crippen molar-refractivity contribution in [3.05, 3.63) is 100 Å². The number of fused-ring (bicyclic) bond motifs is 1. The fraction of sp³-hybridized carbons (Fsp3) is 0.250. The quantitative estimate of drug-likeness (QED) is 0.428. The first-order chi connectivity index (χ1) is 17.2. The molecule has 1 aliphatic heterocycles. The van der Waals surface area contributed by atoms with Crippen LogP contribution in [0.5, 0.6) is 0 Å². The van der Waals surface area contributed by atoms with E-state index in [1.807, 2.05) is 77.4 Å². The van der Waals surface area contributed by atoms with E-state index in [1.54, 1.807) is 10.9 Å². The van der Waals surface area contributed by atoms with Crippen LogP contribution in [0.25, 0.3) is 17.1 Å². The highest BCUT2D eigenvalue weighted by molar-refractivity contribution is 5.89. The zero-order valence-electron chi connectivity index (χ0n) is 20.0. The van der Waals surface area contributed by atoms with Gasteiger partial charge in [0, 0.05) is 32.2 Å². The maximum atomic E-state index is 13.7. The Morgan fingerprint density at radius 2 is 1.83 bits per heavy atom. The Balaban J connectivity index is 0.00000304. The number of piperidine rings is 1. The predicted octanol–water partition coefficient (Wildman–Crippen LogP) is 4.18. The molecule has 0 spiro atoms. The third-order valence-electron chi connectivity index (χ3n) is 6.46. The minimum atomic E-state index is -0.160. The molecule has 0 bridgehead atoms. The van der Waals surface area contributed by atoms with Crippen molar-refractivity contribution in [2.45, 2.75) is 32.0 Å². The summed E-state index contributed by atoms with van der Waals surface area (Å²) in [5, 5.41) is 10.1. The lowest BCUT2D eigenvalue weighted by molar-refractivity contribution is 0.498. The monoisotopic (exact) mass is 500 g/mol. The fourth-order valence-corrected chi connectivity index (χ4v) is 4.80. The molecule has 184 valence electrons. The molecule has 36 heavy (non-hydrogen) atoms. The number of nitrogens with zero attached hydrogens (tertiary/aromatic N) is 5. The average Bonchev–Trinajstić information content (AvgIpc) is 3.20. The number of nitrogens with two attached hydrogens (primary N) is 1. The Hall–Kier alpha value is -3.86. The van der Waals surface area contributed by atoms with E-state index < -0.39 is 0 Å². The highest BCUT2D eigenvalue weighted by atomic mass is 35.5. The number of hydrogen-bond donors (Lipinski definition) is 1. The summed E-state index contributed by atoms with van der Waals surface area (Å²) < 4.78 is 3.56. The van der Waals surface area contributed by atoms with Gasteiger partial charge in [0.25, 0.3) is 5.56 Å². The molecule has 1 aliphatic rings. The van der Waals surface area contributed by atoms with Gasteiger partial charge in [-0.05, 0) is 24.0 Å². The van der Waals surface area contributed by atoms with E-state index in [0.29, 0.717) is 36.2 Å². The van der Waals surface area contributed by atoms with E-state index in [4.69, 9.17) is 5.73 Å². The van der Waals surface area contributed by atoms with Gasteiger partial charge in [0.1, 0.15) is 28.5 Å². The lowest BCUT2D eigenvalue weighted by Crippen LogP contribution is -2.44. The number of rotatable bonds is 6. The minimum Gasteiger partial charge on any atom is -0.355 e. The number of anilines is 1. The molecular formula is C28H29ClN6O. The highest BCUT2D eigenvalue weighted by Crippen LogP contribution is 2.32. The second kappa shape index (κ2) is 11.3. The van der Waals surface area contributed by atoms with Crippen molar-refractivity contribution in [1.82, 2.24) is 14.1 Å². The molecule has 0 aliphatic carbocycles. The summed E-state index contributed by atoms with van der Waals surface area (Å²) in [5.74, 6) is 0.740. The molecule has 1 atom stereocenters. The molecule has 2 aromatic heterocycles. The maximum absolute atomic E-state index is 13.7. The Labute approximate surface area is 216 Å². The Morgan fingerprint density at radius 3 is 2.53 bits per heavy atom. The van der Waals surface area contributed by atoms with Crippen LogP contribution in [0, 0.1) is 11.3 Å². The lowest BCUT2D eigenvalue weighted by Gasteiger charge is -2.33. The highest BCUT2D eigenvalue weighted by Gasteiger charge is 2.28. The van der Waals surface area contributed by atoms with E-state index >= 15 is 0 Å². The zero-order chi connectivity index (χ0) is 24.2. The van der Waals surface area contributed by atoms with Gasteiger partial charge in [-0.25, -0.2) is 4.98 Å². The van der Waals surface area contributed by atoms with Crippen LogP contribution in [0.3, 0.4) is 0 Å². The molecule has 0 radical (unpaired) electrons. The first-order valence-corrected chi connectivity index (χ1v) is 11.9. The van der Waals surface area contributed by atoms with Gasteiger partial charge in [-0.15, -0.1) is 12.4 Å². The minimum absolute atomic E-state index is 0. The summed E-state index contributed by atoms with van der Waals surface area (Å²) in [6.07, 6.45) is 7.38. The van der Waals surface area contributed by atoms with Crippen molar-refractivity contribution in [3.8, 4) is 6.07 Å². The summed E-state index contributed by atoms with van der Waals surface area (Å²) in [4.78, 5) is 20.5. The van der Waals surface area contributed by atoms with Gasteiger partial charge in [-0.3, -0.25) is 9.36 Å². The number of allylic oxidation sites excluding steroid dienone is 1. The molecule has 0 amide bonds. The summed E-state index contributed by atoms with van der Waals surface area (Å²) in [6, 6.07) is 22.3. The van der Waals surface area contributed by atoms with E-state index in [-0.39, 0.29) is 24.0 Å². The van der Waals surface area contributed by atoms with Crippen LogP contribution in [-0.2, 0) is 13.1 Å². The van der Waals surface area contributed by atoms with Crippen molar-refractivity contribution in [1.29, 1.82) is 5.26 Å². The molecular weight excluding hydrogens is 472 g/mol. The normalized spacial score (nSPS) is 15.7. The molecule has 8 heteroatoms. The largest absolute Gasteiger partial charge is 0.355 e. The third-order valence-corrected chi connectivity index (χ3v) is 6.46. The first-order valence-electron chi connectivity index (χ1n) is 11.9. The van der Waals surface area contributed by atoms with Crippen molar-refractivity contribution in [2.24, 2.45) is 5.73 Å². The fourth-order valence-electron chi connectivity index (χ4n) is 4.80. The van der Waals surface area contributed by atoms with Gasteiger partial charge in [0.15, 0.2) is 0 Å². The number of aromatic nitrogens is 3. The second-order valence-electron chi connectivity index (χ2n) is 8.94. The van der Waals surface area contributed by atoms with Crippen LogP contribution in [0.4, 0.5) is 5.82 Å². The SMILES string of the molecule is Cl.N#Cc1c(N2CCCC(N)C2)n(Cc2ccccc2)c2c(=O)n(CC=Cc3ccccc3)cnc12. The Kier molecular flexibility index (Phi) is 7.89. The van der Waals surface area contributed by atoms with Crippen LogP contribution < -0.4 is 16.2 Å². The predicted molar refractivity (Wildman–Crippen MR) is 146 cm³/mol. The van der Waals surface area contributed by atoms with E-state index in [2.05, 4.69) is 16.0 Å². The molecule has 1 unspecified atom stereocenters. The second-order valence-corrected chi connectivity index (χ2v) is 8.94. The smallest absolute Gasteiger partial charge is 0.278 e. The van der Waals surface area contributed by atoms with Crippen molar-refractivity contribution >= 4 is 35.3 Å². The lowest BCUT2D eigenvalue weighted by atomic mass is 10.1. The number of benzene rings is 2. The standard InChI is InChI=1S/C28H28N6O.ClH/c29-17-24-25-26(28(35)33(20-31-25)16-7-13-21-9-3-1-4-10-21)34(18-22-11-5-2-6-12-22)27(24)32-15-8-14-23(30)19-32;/h1-7,9-13,20,23H,8,14-16,18-19,30H2;1H. The van der Waals surface area contributed by atoms with E-state index in [0.717, 1.165) is 36.3 Å². The van der Waals surface area contributed by atoms with E-state index in [9.17, 15) is 10.1 Å². The van der Waals surface area contributed by atoms with Gasteiger partial charge in [0.2, 0.25) is 0 Å². The summed E-state index contributed by atoms with van der Waals surface area (Å²) in [7, 11) is 0. The Morgan fingerprint density at radius 1 is 1.11 bits per heavy atom. The Bertz CT molecular complexity index is 1450. The molecule has 2 N–H and O–H groups in total. The van der Waals surface area contributed by atoms with Gasteiger partial charge >= 0.3 is 0 Å². The van der Waals surface area contributed by atoms with Crippen LogP contribution >= 0.6 is 12.4 Å². The molecule has 2 aromatic carbocycles. The summed E-state index contributed by atoms with van der Waals surface area (Å²) >= 11 is 0. The van der Waals surface area contributed by atoms with Crippen LogP contribution in [0.1, 0.15) is 29.5 Å². The number of halogens is 1. The van der Waals surface area contributed by atoms with Crippen LogP contribution in [-0.4, -0.2) is 33.2 Å². The maximum Gasteiger partial charge on any atom is 0.278 e. The average molecular weight is 501 g/mol. The summed E-state index contributed by atoms with van der Waals surface area (Å²) in [5.41, 5.74) is 9.59. The zero-order valence-corrected chi connectivity index (χ0v) is 20.8. The van der Waals surface area contributed by atoms with Gasteiger partial charge in [0.05, 0.1) is 6.33 Å². The molecule has 7 nitrogen and oxygen atoms in total. The van der Waals surface area contributed by atoms with Crippen molar-refractivity contribution in [3.63, 3.8) is 0 Å². The molecule has 1 fully saturated rings. The van der Waals surface area contributed by atoms with Crippen LogP contribution in [0.2, 0.25) is 0 Å². The molecule has 4 aromatic rings. The molecule has 1 saturated heterocycles. The first kappa shape index (κ1) is 25.2. The van der Waals surface area contributed by atoms with Crippen LogP contribution in [0.15, 0.2) is 77.9 Å². The number of hydrogen-bond acceptors (Lipinski definition) is 5. The van der Waals surface area contributed by atoms with Gasteiger partial charge < -0.3 is 15.2 Å². The third kappa shape index (κ3) is 5.06. The molecule has 5 rings (SSSR count). The van der Waals surface area contributed by atoms with E-state index in [1.165, 1.54) is 0 Å². The molecule has 0 saturated carbocycles. The summed E-state index contributed by atoms with van der Waals surface area (Å²) in [6.45, 7) is 2.30.